The lowest BCUT2D eigenvalue weighted by atomic mass is 9.93. The number of nitrogens with zero attached hydrogens (tertiary/aromatic N) is 3. The van der Waals surface area contributed by atoms with Crippen molar-refractivity contribution in [2.75, 3.05) is 0 Å². The number of aromatic nitrogens is 3. The summed E-state index contributed by atoms with van der Waals surface area (Å²) in [5, 5.41) is 4.05. The molecule has 0 saturated carbocycles. The van der Waals surface area contributed by atoms with Crippen LogP contribution in [0.3, 0.4) is 0 Å². The van der Waals surface area contributed by atoms with Crippen molar-refractivity contribution in [2.24, 2.45) is 0 Å². The summed E-state index contributed by atoms with van der Waals surface area (Å²) in [6.07, 6.45) is 0. The highest BCUT2D eigenvalue weighted by molar-refractivity contribution is 6.18. The number of rotatable bonds is 6. The molecule has 0 aliphatic carbocycles. The molecule has 0 aliphatic rings. The van der Waals surface area contributed by atoms with Gasteiger partial charge >= 0.3 is 0 Å². The Bertz CT molecular complexity index is 3170. The van der Waals surface area contributed by atoms with Gasteiger partial charge < -0.3 is 8.83 Å². The maximum absolute atomic E-state index is 6.85. The Balaban J connectivity index is 1.12. The summed E-state index contributed by atoms with van der Waals surface area (Å²) >= 11 is 0. The van der Waals surface area contributed by atoms with Gasteiger partial charge in [-0.1, -0.05) is 164 Å². The van der Waals surface area contributed by atoms with E-state index >= 15 is 0 Å². The van der Waals surface area contributed by atoms with E-state index < -0.39 is 0 Å². The van der Waals surface area contributed by atoms with Crippen LogP contribution in [0.25, 0.3) is 111 Å². The third-order valence-corrected chi connectivity index (χ3v) is 10.6. The first-order valence-electron chi connectivity index (χ1n) is 18.7. The van der Waals surface area contributed by atoms with Gasteiger partial charge in [0.25, 0.3) is 0 Å². The van der Waals surface area contributed by atoms with E-state index in [1.807, 2.05) is 91.0 Å². The summed E-state index contributed by atoms with van der Waals surface area (Å²) in [7, 11) is 0. The fraction of sp³-hybridized carbons (Fsp3) is 0. The number of para-hydroxylation sites is 2. The predicted molar refractivity (Wildman–Crippen MR) is 227 cm³/mol. The minimum Gasteiger partial charge on any atom is -0.455 e. The molecule has 0 bridgehead atoms. The normalized spacial score (nSPS) is 11.6. The molecule has 5 nitrogen and oxygen atoms in total. The van der Waals surface area contributed by atoms with Crippen LogP contribution in [0.4, 0.5) is 0 Å². The minimum absolute atomic E-state index is 0.581. The molecular weight excluding hydrogens is 687 g/mol. The molecular formula is C51H31N3O2. The summed E-state index contributed by atoms with van der Waals surface area (Å²) in [5.74, 6) is 1.80. The number of furan rings is 2. The molecule has 0 aliphatic heterocycles. The molecule has 0 radical (unpaired) electrons. The van der Waals surface area contributed by atoms with Crippen LogP contribution in [0.1, 0.15) is 0 Å². The molecule has 3 aromatic heterocycles. The Morgan fingerprint density at radius 2 is 0.768 bits per heavy atom. The van der Waals surface area contributed by atoms with Gasteiger partial charge in [0.05, 0.1) is 0 Å². The second kappa shape index (κ2) is 13.0. The van der Waals surface area contributed by atoms with Crippen molar-refractivity contribution in [1.82, 2.24) is 15.0 Å². The van der Waals surface area contributed by atoms with E-state index in [0.717, 1.165) is 82.8 Å². The quantitative estimate of drug-likeness (QED) is 0.171. The first-order valence-corrected chi connectivity index (χ1v) is 18.7. The highest BCUT2D eigenvalue weighted by Crippen LogP contribution is 2.45. The van der Waals surface area contributed by atoms with Gasteiger partial charge in [0, 0.05) is 49.4 Å². The Hall–Kier alpha value is -7.63. The molecule has 56 heavy (non-hydrogen) atoms. The van der Waals surface area contributed by atoms with Crippen LogP contribution in [-0.2, 0) is 0 Å². The van der Waals surface area contributed by atoms with Crippen LogP contribution in [0, 0.1) is 0 Å². The molecule has 8 aromatic carbocycles. The van der Waals surface area contributed by atoms with Gasteiger partial charge in [-0.3, -0.25) is 0 Å². The maximum Gasteiger partial charge on any atom is 0.164 e. The average Bonchev–Trinajstić information content (AvgIpc) is 3.86. The number of hydrogen-bond donors (Lipinski definition) is 0. The van der Waals surface area contributed by atoms with E-state index in [1.165, 1.54) is 11.1 Å². The Labute approximate surface area is 322 Å². The summed E-state index contributed by atoms with van der Waals surface area (Å²) in [6.45, 7) is 0. The molecule has 262 valence electrons. The van der Waals surface area contributed by atoms with Gasteiger partial charge in [-0.25, -0.2) is 15.0 Å². The standard InChI is InChI=1S/C51H31N3O2/c1-4-14-32(15-5-1)33-26-28-34(29-27-33)37-30-42-38-20-10-11-24-44(38)55-48(42)43(31-37)39-21-12-22-40-46-41(23-13-25-45(46)56-47(39)40)51-53-49(35-16-6-2-7-17-35)52-50(54-51)36-18-8-3-9-19-36/h1-31H. The van der Waals surface area contributed by atoms with Gasteiger partial charge in [0.1, 0.15) is 22.3 Å². The van der Waals surface area contributed by atoms with Crippen molar-refractivity contribution < 1.29 is 8.83 Å². The Morgan fingerprint density at radius 1 is 0.286 bits per heavy atom. The lowest BCUT2D eigenvalue weighted by Gasteiger charge is -2.10. The average molecular weight is 718 g/mol. The van der Waals surface area contributed by atoms with Crippen molar-refractivity contribution in [1.29, 1.82) is 0 Å². The molecule has 0 fully saturated rings. The largest absolute Gasteiger partial charge is 0.455 e. The molecule has 5 heteroatoms. The van der Waals surface area contributed by atoms with E-state index in [0.29, 0.717) is 17.5 Å². The van der Waals surface area contributed by atoms with Crippen molar-refractivity contribution in [3.05, 3.63) is 188 Å². The Kier molecular flexibility index (Phi) is 7.42. The first-order chi connectivity index (χ1) is 27.7. The number of fused-ring (bicyclic) bond motifs is 6. The van der Waals surface area contributed by atoms with E-state index in [1.54, 1.807) is 0 Å². The predicted octanol–water partition coefficient (Wildman–Crippen LogP) is 13.7. The van der Waals surface area contributed by atoms with Gasteiger partial charge in [-0.2, -0.15) is 0 Å². The molecule has 3 heterocycles. The lowest BCUT2D eigenvalue weighted by Crippen LogP contribution is -2.00. The molecule has 0 atom stereocenters. The molecule has 11 aromatic rings. The molecule has 0 N–H and O–H groups in total. The van der Waals surface area contributed by atoms with Crippen molar-refractivity contribution in [3.63, 3.8) is 0 Å². The van der Waals surface area contributed by atoms with Crippen LogP contribution in [-0.4, -0.2) is 15.0 Å². The summed E-state index contributed by atoms with van der Waals surface area (Å²) in [5.41, 5.74) is 12.4. The molecule has 0 saturated heterocycles. The minimum atomic E-state index is 0.581. The molecule has 11 rings (SSSR count). The third kappa shape index (κ3) is 5.37. The zero-order valence-corrected chi connectivity index (χ0v) is 30.1. The topological polar surface area (TPSA) is 65.0 Å². The SMILES string of the molecule is c1ccc(-c2ccc(-c3cc(-c4cccc5c4oc4cccc(-c6nc(-c7ccccc7)nc(-c7ccccc7)n6)c45)c4oc5ccccc5c4c3)cc2)cc1. The smallest absolute Gasteiger partial charge is 0.164 e. The van der Waals surface area contributed by atoms with Gasteiger partial charge in [-0.15, -0.1) is 0 Å². The van der Waals surface area contributed by atoms with E-state index in [9.17, 15) is 0 Å². The highest BCUT2D eigenvalue weighted by Gasteiger charge is 2.22. The molecule has 0 spiro atoms. The van der Waals surface area contributed by atoms with Crippen molar-refractivity contribution >= 4 is 43.9 Å². The zero-order chi connectivity index (χ0) is 37.0. The van der Waals surface area contributed by atoms with E-state index in [2.05, 4.69) is 97.1 Å². The van der Waals surface area contributed by atoms with Gasteiger partial charge in [0.15, 0.2) is 17.5 Å². The summed E-state index contributed by atoms with van der Waals surface area (Å²) in [6, 6.07) is 64.5. The van der Waals surface area contributed by atoms with Crippen LogP contribution in [0.5, 0.6) is 0 Å². The van der Waals surface area contributed by atoms with Crippen LogP contribution in [0.2, 0.25) is 0 Å². The highest BCUT2D eigenvalue weighted by atomic mass is 16.3. The number of hydrogen-bond acceptors (Lipinski definition) is 5. The molecule has 0 amide bonds. The third-order valence-electron chi connectivity index (χ3n) is 10.6. The second-order valence-corrected chi connectivity index (χ2v) is 13.9. The maximum atomic E-state index is 6.85. The van der Waals surface area contributed by atoms with Crippen molar-refractivity contribution in [3.8, 4) is 67.5 Å². The van der Waals surface area contributed by atoms with Gasteiger partial charge in [-0.05, 0) is 46.5 Å². The summed E-state index contributed by atoms with van der Waals surface area (Å²) in [4.78, 5) is 15.1. The zero-order valence-electron chi connectivity index (χ0n) is 30.1. The monoisotopic (exact) mass is 717 g/mol. The summed E-state index contributed by atoms with van der Waals surface area (Å²) < 4.78 is 13.5. The van der Waals surface area contributed by atoms with Crippen LogP contribution < -0.4 is 0 Å². The van der Waals surface area contributed by atoms with Crippen LogP contribution in [0.15, 0.2) is 197 Å². The van der Waals surface area contributed by atoms with E-state index in [4.69, 9.17) is 23.8 Å². The second-order valence-electron chi connectivity index (χ2n) is 13.9. The van der Waals surface area contributed by atoms with Gasteiger partial charge in [0.2, 0.25) is 0 Å². The first kappa shape index (κ1) is 31.9. The fourth-order valence-corrected chi connectivity index (χ4v) is 7.85. The van der Waals surface area contributed by atoms with Crippen molar-refractivity contribution in [2.45, 2.75) is 0 Å². The number of benzene rings is 8. The van der Waals surface area contributed by atoms with Crippen LogP contribution >= 0.6 is 0 Å². The fourth-order valence-electron chi connectivity index (χ4n) is 7.85. The Morgan fingerprint density at radius 3 is 1.46 bits per heavy atom. The van der Waals surface area contributed by atoms with E-state index in [-0.39, 0.29) is 0 Å². The lowest BCUT2D eigenvalue weighted by molar-refractivity contribution is 0.665. The molecule has 0 unspecified atom stereocenters.